The molecule has 0 atom stereocenters. The molecule has 6 nitrogen and oxygen atoms in total. The highest BCUT2D eigenvalue weighted by molar-refractivity contribution is 5.86. The average Bonchev–Trinajstić information content (AvgIpc) is 2.29. The van der Waals surface area contributed by atoms with E-state index in [1.165, 1.54) is 4.90 Å². The second-order valence-corrected chi connectivity index (χ2v) is 5.22. The fourth-order valence-electron chi connectivity index (χ4n) is 1.49. The van der Waals surface area contributed by atoms with Crippen molar-refractivity contribution < 1.29 is 19.5 Å². The van der Waals surface area contributed by atoms with E-state index in [1.54, 1.807) is 13.8 Å². The lowest BCUT2D eigenvalue weighted by Gasteiger charge is -2.25. The summed E-state index contributed by atoms with van der Waals surface area (Å²) in [5.41, 5.74) is 0. The molecule has 0 spiro atoms. The van der Waals surface area contributed by atoms with Gasteiger partial charge in [0.2, 0.25) is 11.8 Å². The number of carboxylic acid groups (broad SMARTS) is 1. The third kappa shape index (κ3) is 8.18. The highest BCUT2D eigenvalue weighted by atomic mass is 16.4. The highest BCUT2D eigenvalue weighted by Crippen LogP contribution is 2.03. The lowest BCUT2D eigenvalue weighted by molar-refractivity contribution is -0.145. The summed E-state index contributed by atoms with van der Waals surface area (Å²) in [7, 11) is 0. The molecule has 2 N–H and O–H groups in total. The molecule has 0 aromatic carbocycles. The van der Waals surface area contributed by atoms with Gasteiger partial charge in [-0.05, 0) is 26.2 Å². The molecular weight excluding hydrogens is 248 g/mol. The molecule has 0 fully saturated rings. The predicted octanol–water partition coefficient (Wildman–Crippen LogP) is 0.860. The number of carbonyl (C=O) groups is 3. The van der Waals surface area contributed by atoms with Gasteiger partial charge in [-0.15, -0.1) is 0 Å². The normalized spacial score (nSPS) is 10.6. The van der Waals surface area contributed by atoms with Gasteiger partial charge in [0.15, 0.2) is 0 Å². The van der Waals surface area contributed by atoms with Crippen LogP contribution in [0.5, 0.6) is 0 Å². The smallest absolute Gasteiger partial charge is 0.323 e. The van der Waals surface area contributed by atoms with Crippen molar-refractivity contribution in [3.8, 4) is 0 Å². The Balaban J connectivity index is 4.19. The largest absolute Gasteiger partial charge is 0.480 e. The fourth-order valence-corrected chi connectivity index (χ4v) is 1.49. The zero-order valence-corrected chi connectivity index (χ0v) is 12.1. The molecule has 0 bridgehead atoms. The Morgan fingerprint density at radius 2 is 1.74 bits per heavy atom. The number of nitrogens with one attached hydrogen (secondary N) is 1. The molecule has 0 unspecified atom stereocenters. The second-order valence-electron chi connectivity index (χ2n) is 5.22. The van der Waals surface area contributed by atoms with Crippen molar-refractivity contribution in [2.45, 2.75) is 46.6 Å². The van der Waals surface area contributed by atoms with E-state index >= 15 is 0 Å². The minimum Gasteiger partial charge on any atom is -0.480 e. The van der Waals surface area contributed by atoms with E-state index in [4.69, 9.17) is 5.11 Å². The summed E-state index contributed by atoms with van der Waals surface area (Å²) >= 11 is 0. The number of rotatable bonds is 8. The number of hydrogen-bond donors (Lipinski definition) is 2. The number of nitrogens with zero attached hydrogens (tertiary/aromatic N) is 1. The molecule has 110 valence electrons. The number of hydrogen-bond acceptors (Lipinski definition) is 3. The van der Waals surface area contributed by atoms with E-state index in [2.05, 4.69) is 5.32 Å². The standard InChI is InChI=1S/C13H24N2O4/c1-9(2)5-6-11(16)14-7-12(17)15(10(3)4)8-13(18)19/h9-10H,5-8H2,1-4H3,(H,14,16)(H,18,19). The number of aliphatic carboxylic acids is 1. The SMILES string of the molecule is CC(C)CCC(=O)NCC(=O)N(CC(=O)O)C(C)C. The van der Waals surface area contributed by atoms with Gasteiger partial charge in [0.05, 0.1) is 6.54 Å². The quantitative estimate of drug-likeness (QED) is 0.686. The lowest BCUT2D eigenvalue weighted by atomic mass is 10.1. The third-order valence-electron chi connectivity index (χ3n) is 2.63. The van der Waals surface area contributed by atoms with Gasteiger partial charge in [0.25, 0.3) is 0 Å². The summed E-state index contributed by atoms with van der Waals surface area (Å²) in [5.74, 6) is -1.19. The molecule has 0 radical (unpaired) electrons. The highest BCUT2D eigenvalue weighted by Gasteiger charge is 2.19. The molecule has 0 aromatic heterocycles. The first kappa shape index (κ1) is 17.4. The molecule has 0 saturated heterocycles. The van der Waals surface area contributed by atoms with E-state index in [0.717, 1.165) is 6.42 Å². The zero-order chi connectivity index (χ0) is 15.0. The van der Waals surface area contributed by atoms with Gasteiger partial charge in [-0.2, -0.15) is 0 Å². The Kier molecular flexibility index (Phi) is 7.79. The number of amides is 2. The van der Waals surface area contributed by atoms with Crippen LogP contribution in [-0.4, -0.2) is 46.9 Å². The van der Waals surface area contributed by atoms with Crippen molar-refractivity contribution in [3.05, 3.63) is 0 Å². The summed E-state index contributed by atoms with van der Waals surface area (Å²) in [6.07, 6.45) is 1.15. The van der Waals surface area contributed by atoms with Crippen LogP contribution < -0.4 is 5.32 Å². The van der Waals surface area contributed by atoms with Crippen LogP contribution in [0.2, 0.25) is 0 Å². The van der Waals surface area contributed by atoms with E-state index < -0.39 is 5.97 Å². The van der Waals surface area contributed by atoms with Crippen molar-refractivity contribution in [1.29, 1.82) is 0 Å². The van der Waals surface area contributed by atoms with E-state index in [-0.39, 0.29) is 30.9 Å². The minimum absolute atomic E-state index is 0.150. The molecule has 0 rings (SSSR count). The Morgan fingerprint density at radius 1 is 1.16 bits per heavy atom. The summed E-state index contributed by atoms with van der Waals surface area (Å²) < 4.78 is 0. The van der Waals surface area contributed by atoms with Crippen molar-refractivity contribution in [1.82, 2.24) is 10.2 Å². The first-order valence-electron chi connectivity index (χ1n) is 6.52. The third-order valence-corrected chi connectivity index (χ3v) is 2.63. The van der Waals surface area contributed by atoms with Crippen LogP contribution in [0, 0.1) is 5.92 Å². The van der Waals surface area contributed by atoms with E-state index in [1.807, 2.05) is 13.8 Å². The monoisotopic (exact) mass is 272 g/mol. The van der Waals surface area contributed by atoms with Crippen LogP contribution in [-0.2, 0) is 14.4 Å². The molecule has 0 aliphatic rings. The maximum Gasteiger partial charge on any atom is 0.323 e. The minimum atomic E-state index is -1.06. The average molecular weight is 272 g/mol. The van der Waals surface area contributed by atoms with E-state index in [0.29, 0.717) is 12.3 Å². The number of carboxylic acids is 1. The molecule has 0 saturated carbocycles. The summed E-state index contributed by atoms with van der Waals surface area (Å²) in [6.45, 7) is 7.02. The van der Waals surface area contributed by atoms with Crippen molar-refractivity contribution in [2.24, 2.45) is 5.92 Å². The molecule has 0 heterocycles. The van der Waals surface area contributed by atoms with Gasteiger partial charge >= 0.3 is 5.97 Å². The van der Waals surface area contributed by atoms with Crippen LogP contribution in [0.3, 0.4) is 0 Å². The first-order chi connectivity index (χ1) is 8.73. The van der Waals surface area contributed by atoms with Crippen LogP contribution in [0.25, 0.3) is 0 Å². The summed E-state index contributed by atoms with van der Waals surface area (Å²) in [5, 5.41) is 11.2. The molecule has 19 heavy (non-hydrogen) atoms. The number of carbonyl (C=O) groups excluding carboxylic acids is 2. The molecule has 0 aliphatic heterocycles. The van der Waals surface area contributed by atoms with Crippen LogP contribution >= 0.6 is 0 Å². The van der Waals surface area contributed by atoms with Crippen molar-refractivity contribution >= 4 is 17.8 Å². The van der Waals surface area contributed by atoms with Crippen molar-refractivity contribution in [3.63, 3.8) is 0 Å². The van der Waals surface area contributed by atoms with Gasteiger partial charge < -0.3 is 15.3 Å². The Hall–Kier alpha value is -1.59. The summed E-state index contributed by atoms with van der Waals surface area (Å²) in [6, 6.07) is -0.212. The van der Waals surface area contributed by atoms with Gasteiger partial charge in [-0.1, -0.05) is 13.8 Å². The Bertz CT molecular complexity index is 327. The Labute approximate surface area is 114 Å². The van der Waals surface area contributed by atoms with E-state index in [9.17, 15) is 14.4 Å². The topological polar surface area (TPSA) is 86.7 Å². The van der Waals surface area contributed by atoms with Crippen LogP contribution in [0.4, 0.5) is 0 Å². The first-order valence-corrected chi connectivity index (χ1v) is 6.52. The van der Waals surface area contributed by atoms with Gasteiger partial charge in [-0.3, -0.25) is 14.4 Å². The lowest BCUT2D eigenvalue weighted by Crippen LogP contribution is -2.45. The van der Waals surface area contributed by atoms with Crippen molar-refractivity contribution in [2.75, 3.05) is 13.1 Å². The zero-order valence-electron chi connectivity index (χ0n) is 12.1. The maximum atomic E-state index is 11.8. The van der Waals surface area contributed by atoms with Gasteiger partial charge in [-0.25, -0.2) is 0 Å². The predicted molar refractivity (Wildman–Crippen MR) is 71.6 cm³/mol. The van der Waals surface area contributed by atoms with Crippen LogP contribution in [0.15, 0.2) is 0 Å². The molecule has 0 aliphatic carbocycles. The molecular formula is C13H24N2O4. The molecule has 0 aromatic rings. The summed E-state index contributed by atoms with van der Waals surface area (Å²) in [4.78, 5) is 35.2. The van der Waals surface area contributed by atoms with Gasteiger partial charge in [0.1, 0.15) is 6.54 Å². The van der Waals surface area contributed by atoms with Crippen LogP contribution in [0.1, 0.15) is 40.5 Å². The Morgan fingerprint density at radius 3 is 2.16 bits per heavy atom. The molecule has 2 amide bonds. The molecule has 6 heteroatoms. The second kappa shape index (κ2) is 8.50. The fraction of sp³-hybridized carbons (Fsp3) is 0.769. The maximum absolute atomic E-state index is 11.8. The van der Waals surface area contributed by atoms with Gasteiger partial charge in [0, 0.05) is 12.5 Å².